The predicted octanol–water partition coefficient (Wildman–Crippen LogP) is 2.95. The zero-order chi connectivity index (χ0) is 24.0. The molecule has 0 saturated heterocycles. The fourth-order valence-corrected chi connectivity index (χ4v) is 3.59. The number of allylic oxidation sites excluding steroid dienone is 2. The van der Waals surface area contributed by atoms with Crippen LogP contribution in [0.5, 0.6) is 0 Å². The van der Waals surface area contributed by atoms with Gasteiger partial charge in [0.1, 0.15) is 11.4 Å². The molecule has 0 aromatic heterocycles. The van der Waals surface area contributed by atoms with Gasteiger partial charge < -0.3 is 34.3 Å². The Kier molecular flexibility index (Phi) is 9.87. The highest BCUT2D eigenvalue weighted by molar-refractivity contribution is 5.94. The maximum atomic E-state index is 12.6. The molecular formula is C23H40O8. The number of aliphatic hydroxyl groups is 3. The molecule has 0 aromatic rings. The number of Topliss-reactive ketones (excluding diaryl/α,β-unsaturated/α-hetero) is 1. The molecule has 0 spiro atoms. The second kappa shape index (κ2) is 11.0. The molecule has 1 rings (SSSR count). The van der Waals surface area contributed by atoms with Gasteiger partial charge in [-0.1, -0.05) is 6.92 Å². The van der Waals surface area contributed by atoms with Gasteiger partial charge in [-0.15, -0.1) is 0 Å². The van der Waals surface area contributed by atoms with Gasteiger partial charge in [-0.3, -0.25) is 4.79 Å². The molecule has 0 aliphatic carbocycles. The van der Waals surface area contributed by atoms with E-state index in [2.05, 4.69) is 0 Å². The summed E-state index contributed by atoms with van der Waals surface area (Å²) >= 11 is 0. The highest BCUT2D eigenvalue weighted by atomic mass is 16.8. The number of rotatable bonds is 12. The van der Waals surface area contributed by atoms with Crippen LogP contribution in [0.3, 0.4) is 0 Å². The highest BCUT2D eigenvalue weighted by Gasteiger charge is 2.36. The van der Waals surface area contributed by atoms with Crippen molar-refractivity contribution >= 4 is 5.78 Å². The summed E-state index contributed by atoms with van der Waals surface area (Å²) in [5.74, 6) is -1.54. The molecule has 1 unspecified atom stereocenters. The molecule has 1 aliphatic heterocycles. The lowest BCUT2D eigenvalue weighted by Gasteiger charge is -2.38. The molecular weight excluding hydrogens is 404 g/mol. The van der Waals surface area contributed by atoms with Gasteiger partial charge in [-0.2, -0.15) is 0 Å². The molecule has 3 atom stereocenters. The molecule has 1 heterocycles. The Morgan fingerprint density at radius 2 is 1.87 bits per heavy atom. The van der Waals surface area contributed by atoms with Crippen molar-refractivity contribution in [2.75, 3.05) is 14.2 Å². The van der Waals surface area contributed by atoms with Crippen LogP contribution in [0, 0.1) is 0 Å². The second-order valence-corrected chi connectivity index (χ2v) is 8.80. The average Bonchev–Trinajstić information content (AvgIpc) is 2.70. The zero-order valence-corrected chi connectivity index (χ0v) is 20.2. The van der Waals surface area contributed by atoms with Crippen molar-refractivity contribution in [3.63, 3.8) is 0 Å². The minimum Gasteiger partial charge on any atom is -0.467 e. The van der Waals surface area contributed by atoms with E-state index in [0.29, 0.717) is 36.2 Å². The van der Waals surface area contributed by atoms with Gasteiger partial charge in [0.15, 0.2) is 17.9 Å². The fraction of sp³-hybridized carbons (Fsp3) is 0.783. The van der Waals surface area contributed by atoms with Crippen molar-refractivity contribution in [3.05, 3.63) is 23.0 Å². The maximum absolute atomic E-state index is 12.6. The smallest absolute Gasteiger partial charge is 0.207 e. The SMILES string of the molecule is CC[C@@H](O)[C@@](C)(O)/C=C(\C)C(=O)CCC(CCC1=C(C)C(O)OC(C)(C)O1)(OC)OC. The number of hydrogen-bond acceptors (Lipinski definition) is 8. The second-order valence-electron chi connectivity index (χ2n) is 8.80. The van der Waals surface area contributed by atoms with E-state index in [1.165, 1.54) is 27.2 Å². The van der Waals surface area contributed by atoms with Crippen LogP contribution < -0.4 is 0 Å². The van der Waals surface area contributed by atoms with E-state index in [1.54, 1.807) is 34.6 Å². The highest BCUT2D eigenvalue weighted by Crippen LogP contribution is 2.34. The van der Waals surface area contributed by atoms with E-state index < -0.39 is 29.6 Å². The predicted molar refractivity (Wildman–Crippen MR) is 116 cm³/mol. The van der Waals surface area contributed by atoms with Crippen molar-refractivity contribution in [1.82, 2.24) is 0 Å². The summed E-state index contributed by atoms with van der Waals surface area (Å²) in [4.78, 5) is 12.6. The van der Waals surface area contributed by atoms with Gasteiger partial charge in [0.2, 0.25) is 5.79 Å². The molecule has 0 radical (unpaired) electrons. The molecule has 0 saturated carbocycles. The summed E-state index contributed by atoms with van der Waals surface area (Å²) in [6.07, 6.45) is 1.03. The van der Waals surface area contributed by atoms with Crippen LogP contribution in [-0.2, 0) is 23.7 Å². The van der Waals surface area contributed by atoms with Crippen LogP contribution in [-0.4, -0.2) is 64.9 Å². The minimum absolute atomic E-state index is 0.137. The number of hydrogen-bond donors (Lipinski definition) is 3. The number of carbonyl (C=O) groups is 1. The van der Waals surface area contributed by atoms with E-state index in [0.717, 1.165) is 0 Å². The first-order valence-electron chi connectivity index (χ1n) is 10.7. The molecule has 0 amide bonds. The fourth-order valence-electron chi connectivity index (χ4n) is 3.59. The van der Waals surface area contributed by atoms with Gasteiger partial charge in [-0.25, -0.2) is 0 Å². The molecule has 180 valence electrons. The number of ether oxygens (including phenoxy) is 4. The van der Waals surface area contributed by atoms with Gasteiger partial charge in [0.25, 0.3) is 0 Å². The summed E-state index contributed by atoms with van der Waals surface area (Å²) in [6.45, 7) is 10.0. The normalized spacial score (nSPS) is 22.7. The first-order chi connectivity index (χ1) is 14.2. The van der Waals surface area contributed by atoms with Crippen molar-refractivity contribution in [3.8, 4) is 0 Å². The summed E-state index contributed by atoms with van der Waals surface area (Å²) < 4.78 is 22.5. The lowest BCUT2D eigenvalue weighted by atomic mass is 9.92. The third kappa shape index (κ3) is 7.66. The van der Waals surface area contributed by atoms with E-state index in [-0.39, 0.29) is 18.6 Å². The summed E-state index contributed by atoms with van der Waals surface area (Å²) in [5.41, 5.74) is -0.520. The van der Waals surface area contributed by atoms with Crippen LogP contribution in [0.15, 0.2) is 23.0 Å². The van der Waals surface area contributed by atoms with Crippen molar-refractivity contribution in [2.24, 2.45) is 0 Å². The number of aliphatic hydroxyl groups excluding tert-OH is 2. The number of methoxy groups -OCH3 is 2. The molecule has 8 heteroatoms. The minimum atomic E-state index is -1.48. The lowest BCUT2D eigenvalue weighted by molar-refractivity contribution is -0.277. The maximum Gasteiger partial charge on any atom is 0.207 e. The van der Waals surface area contributed by atoms with Crippen LogP contribution in [0.4, 0.5) is 0 Å². The van der Waals surface area contributed by atoms with Crippen LogP contribution in [0.2, 0.25) is 0 Å². The van der Waals surface area contributed by atoms with E-state index in [9.17, 15) is 20.1 Å². The van der Waals surface area contributed by atoms with Crippen LogP contribution in [0.1, 0.15) is 73.6 Å². The lowest BCUT2D eigenvalue weighted by Crippen LogP contribution is -2.40. The Hall–Kier alpha value is -1.29. The molecule has 8 nitrogen and oxygen atoms in total. The van der Waals surface area contributed by atoms with Gasteiger partial charge >= 0.3 is 0 Å². The molecule has 0 aromatic carbocycles. The summed E-state index contributed by atoms with van der Waals surface area (Å²) in [6, 6.07) is 0. The summed E-state index contributed by atoms with van der Waals surface area (Å²) in [5, 5.41) is 30.4. The first kappa shape index (κ1) is 27.7. The van der Waals surface area contributed by atoms with Crippen molar-refractivity contribution in [2.45, 2.75) is 103 Å². The molecule has 3 N–H and O–H groups in total. The number of carbonyl (C=O) groups excluding carboxylic acids is 1. The quantitative estimate of drug-likeness (QED) is 0.311. The Morgan fingerprint density at radius 1 is 1.29 bits per heavy atom. The largest absolute Gasteiger partial charge is 0.467 e. The summed E-state index contributed by atoms with van der Waals surface area (Å²) in [7, 11) is 3.04. The van der Waals surface area contributed by atoms with Gasteiger partial charge in [0, 0.05) is 59.3 Å². The van der Waals surface area contributed by atoms with Crippen molar-refractivity contribution in [1.29, 1.82) is 0 Å². The number of ketones is 1. The van der Waals surface area contributed by atoms with Crippen molar-refractivity contribution < 1.29 is 39.1 Å². The van der Waals surface area contributed by atoms with Crippen LogP contribution in [0.25, 0.3) is 0 Å². The third-order valence-corrected chi connectivity index (χ3v) is 5.79. The van der Waals surface area contributed by atoms with Crippen LogP contribution >= 0.6 is 0 Å². The van der Waals surface area contributed by atoms with E-state index in [1.807, 2.05) is 0 Å². The van der Waals surface area contributed by atoms with Gasteiger partial charge in [0.05, 0.1) is 6.10 Å². The van der Waals surface area contributed by atoms with E-state index in [4.69, 9.17) is 18.9 Å². The van der Waals surface area contributed by atoms with Gasteiger partial charge in [-0.05, 0) is 38.8 Å². The Bertz CT molecular complexity index is 673. The molecule has 31 heavy (non-hydrogen) atoms. The molecule has 0 fully saturated rings. The topological polar surface area (TPSA) is 115 Å². The average molecular weight is 445 g/mol. The molecule has 0 bridgehead atoms. The standard InChI is InChI=1S/C23H40O8/c1-9-19(25)22(6,27)14-15(2)17(24)10-12-23(28-7,29-8)13-11-18-16(3)20(26)31-21(4,5)30-18/h14,19-20,25-27H,9-13H2,1-8H3/b15-14+/t19-,20?,22+/m1/s1. The van der Waals surface area contributed by atoms with E-state index >= 15 is 0 Å². The molecule has 1 aliphatic rings. The first-order valence-corrected chi connectivity index (χ1v) is 10.7. The third-order valence-electron chi connectivity index (χ3n) is 5.79. The Morgan fingerprint density at radius 3 is 2.39 bits per heavy atom. The monoisotopic (exact) mass is 444 g/mol. The Labute approximate surface area is 185 Å². The zero-order valence-electron chi connectivity index (χ0n) is 20.2. The Balaban J connectivity index is 2.85.